The highest BCUT2D eigenvalue weighted by Crippen LogP contribution is 2.37. The molecule has 0 spiro atoms. The lowest BCUT2D eigenvalue weighted by Crippen LogP contribution is -2.42. The van der Waals surface area contributed by atoms with E-state index in [2.05, 4.69) is 26.2 Å². The zero-order chi connectivity index (χ0) is 25.7. The van der Waals surface area contributed by atoms with Gasteiger partial charge in [-0.05, 0) is 45.8 Å². The first-order chi connectivity index (χ1) is 16.6. The molecule has 1 aromatic heterocycles. The summed E-state index contributed by atoms with van der Waals surface area (Å²) >= 11 is 3.17. The summed E-state index contributed by atoms with van der Waals surface area (Å²) in [4.78, 5) is 39.1. The number of halogens is 3. The molecule has 0 unspecified atom stereocenters. The van der Waals surface area contributed by atoms with Gasteiger partial charge >= 0.3 is 0 Å². The van der Waals surface area contributed by atoms with Crippen LogP contribution in [0, 0.1) is 11.6 Å². The molecule has 7 N–H and O–H groups in total. The number of pyridine rings is 1. The van der Waals surface area contributed by atoms with Gasteiger partial charge < -0.3 is 31.6 Å². The van der Waals surface area contributed by atoms with Crippen molar-refractivity contribution in [2.24, 2.45) is 11.5 Å². The van der Waals surface area contributed by atoms with Gasteiger partial charge in [0, 0.05) is 28.5 Å². The van der Waals surface area contributed by atoms with Crippen LogP contribution in [0.5, 0.6) is 5.75 Å². The fourth-order valence-corrected chi connectivity index (χ4v) is 3.60. The van der Waals surface area contributed by atoms with E-state index in [9.17, 15) is 23.2 Å². The fraction of sp³-hybridized carbons (Fsp3) is 0.174. The molecule has 0 bridgehead atoms. The average Bonchev–Trinajstić information content (AvgIpc) is 2.83. The highest BCUT2D eigenvalue weighted by atomic mass is 79.9. The molecule has 2 aromatic carbocycles. The number of primary amides is 1. The third-order valence-electron chi connectivity index (χ3n) is 4.99. The Kier molecular flexibility index (Phi) is 8.33. The highest BCUT2D eigenvalue weighted by Gasteiger charge is 2.22. The van der Waals surface area contributed by atoms with E-state index in [1.807, 2.05) is 0 Å². The predicted molar refractivity (Wildman–Crippen MR) is 126 cm³/mol. The second kappa shape index (κ2) is 11.2. The number of hydrogen-bond acceptors (Lipinski definition) is 6. The summed E-state index contributed by atoms with van der Waals surface area (Å²) in [6, 6.07) is 7.91. The van der Waals surface area contributed by atoms with E-state index < -0.39 is 41.7 Å². The third kappa shape index (κ3) is 6.10. The van der Waals surface area contributed by atoms with Gasteiger partial charge in [-0.15, -0.1) is 0 Å². The lowest BCUT2D eigenvalue weighted by Gasteiger charge is -2.19. The van der Waals surface area contributed by atoms with E-state index in [0.29, 0.717) is 11.6 Å². The van der Waals surface area contributed by atoms with Gasteiger partial charge in [-0.1, -0.05) is 12.1 Å². The molecule has 35 heavy (non-hydrogen) atoms. The Balaban J connectivity index is 2.12. The molecule has 1 atom stereocenters. The third-order valence-corrected chi connectivity index (χ3v) is 5.71. The Bertz CT molecular complexity index is 1330. The van der Waals surface area contributed by atoms with Crippen molar-refractivity contribution in [3.63, 3.8) is 0 Å². The van der Waals surface area contributed by atoms with Gasteiger partial charge in [0.25, 0.3) is 5.56 Å². The van der Waals surface area contributed by atoms with Crippen LogP contribution >= 0.6 is 15.9 Å². The Morgan fingerprint density at radius 3 is 2.60 bits per heavy atom. The van der Waals surface area contributed by atoms with E-state index in [4.69, 9.17) is 21.3 Å². The minimum atomic E-state index is -1.18. The molecule has 0 radical (unpaired) electrons. The fourth-order valence-electron chi connectivity index (χ4n) is 3.18. The standard InChI is InChI=1S/C23H21BrF2N4O5/c24-19-20(35-10-13-4-5-14(25)7-15(13)26)18(11-2-1-3-12(6-11)21(28)32)17(30-23(19)34)8-29-22(33)16(27)9-31/h1-7,16,31H,8-10,27H2,(H2,28,32)(H,29,33)(H,30,34)/t16-/m0/s1. The van der Waals surface area contributed by atoms with Crippen molar-refractivity contribution in [3.8, 4) is 16.9 Å². The Morgan fingerprint density at radius 2 is 1.94 bits per heavy atom. The Hall–Kier alpha value is -3.61. The number of hydrogen-bond donors (Lipinski definition) is 5. The van der Waals surface area contributed by atoms with Crippen molar-refractivity contribution in [2.45, 2.75) is 19.2 Å². The van der Waals surface area contributed by atoms with Crippen LogP contribution in [0.2, 0.25) is 0 Å². The van der Waals surface area contributed by atoms with Gasteiger partial charge in [0.2, 0.25) is 11.8 Å². The quantitative estimate of drug-likeness (QED) is 0.272. The van der Waals surface area contributed by atoms with E-state index in [1.165, 1.54) is 18.2 Å². The molecule has 0 aliphatic rings. The summed E-state index contributed by atoms with van der Waals surface area (Å²) in [5.41, 5.74) is 11.3. The van der Waals surface area contributed by atoms with E-state index in [-0.39, 0.29) is 45.8 Å². The van der Waals surface area contributed by atoms with Crippen molar-refractivity contribution < 1.29 is 28.2 Å². The van der Waals surface area contributed by atoms with Crippen LogP contribution in [0.3, 0.4) is 0 Å². The highest BCUT2D eigenvalue weighted by molar-refractivity contribution is 9.10. The van der Waals surface area contributed by atoms with Gasteiger partial charge in [0.05, 0.1) is 13.2 Å². The molecule has 1 heterocycles. The first-order valence-electron chi connectivity index (χ1n) is 10.2. The number of aromatic nitrogens is 1. The number of carbonyl (C=O) groups is 2. The van der Waals surface area contributed by atoms with Gasteiger partial charge in [-0.2, -0.15) is 0 Å². The number of nitrogens with one attached hydrogen (secondary N) is 2. The number of nitrogens with two attached hydrogens (primary N) is 2. The SMILES string of the molecule is NC(=O)c1cccc(-c2c(CNC(=O)[C@@H](N)CO)[nH]c(=O)c(Br)c2OCc2ccc(F)cc2F)c1. The summed E-state index contributed by atoms with van der Waals surface area (Å²) < 4.78 is 33.2. The zero-order valence-electron chi connectivity index (χ0n) is 18.1. The molecule has 0 aliphatic heterocycles. The lowest BCUT2D eigenvalue weighted by atomic mass is 10.00. The number of rotatable bonds is 9. The smallest absolute Gasteiger partial charge is 0.266 e. The Labute approximate surface area is 206 Å². The molecule has 3 aromatic rings. The Morgan fingerprint density at radius 1 is 1.20 bits per heavy atom. The van der Waals surface area contributed by atoms with Crippen molar-refractivity contribution in [2.75, 3.05) is 6.61 Å². The normalized spacial score (nSPS) is 11.7. The van der Waals surface area contributed by atoms with Gasteiger partial charge in [0.1, 0.15) is 34.5 Å². The minimum absolute atomic E-state index is 0.0187. The number of aromatic amines is 1. The first kappa shape index (κ1) is 26.0. The van der Waals surface area contributed by atoms with Gasteiger partial charge in [-0.3, -0.25) is 14.4 Å². The van der Waals surface area contributed by atoms with Crippen molar-refractivity contribution in [1.29, 1.82) is 0 Å². The van der Waals surface area contributed by atoms with Crippen LogP contribution in [0.4, 0.5) is 8.78 Å². The van der Waals surface area contributed by atoms with E-state index in [0.717, 1.165) is 6.07 Å². The van der Waals surface area contributed by atoms with Crippen LogP contribution in [0.15, 0.2) is 51.7 Å². The summed E-state index contributed by atoms with van der Waals surface area (Å²) in [5, 5.41) is 11.6. The number of aliphatic hydroxyl groups is 1. The number of aliphatic hydroxyl groups excluding tert-OH is 1. The van der Waals surface area contributed by atoms with E-state index >= 15 is 0 Å². The molecule has 12 heteroatoms. The molecule has 9 nitrogen and oxygen atoms in total. The average molecular weight is 551 g/mol. The first-order valence-corrected chi connectivity index (χ1v) is 11.0. The molecule has 3 rings (SSSR count). The van der Waals surface area contributed by atoms with E-state index in [1.54, 1.807) is 12.1 Å². The van der Waals surface area contributed by atoms with Crippen molar-refractivity contribution in [1.82, 2.24) is 10.3 Å². The predicted octanol–water partition coefficient (Wildman–Crippen LogP) is 1.70. The second-order valence-electron chi connectivity index (χ2n) is 7.43. The number of amides is 2. The van der Waals surface area contributed by atoms with Crippen LogP contribution in [0.1, 0.15) is 21.6 Å². The van der Waals surface area contributed by atoms with Crippen LogP contribution < -0.4 is 27.1 Å². The second-order valence-corrected chi connectivity index (χ2v) is 8.22. The maximum atomic E-state index is 14.2. The molecular formula is C23H21BrF2N4O5. The lowest BCUT2D eigenvalue weighted by molar-refractivity contribution is -0.123. The van der Waals surface area contributed by atoms with Crippen LogP contribution in [-0.2, 0) is 17.9 Å². The zero-order valence-corrected chi connectivity index (χ0v) is 19.7. The molecule has 184 valence electrons. The summed E-state index contributed by atoms with van der Waals surface area (Å²) in [7, 11) is 0. The summed E-state index contributed by atoms with van der Waals surface area (Å²) in [5.74, 6) is -2.99. The number of ether oxygens (including phenoxy) is 1. The molecule has 2 amide bonds. The van der Waals surface area contributed by atoms with Crippen LogP contribution in [0.25, 0.3) is 11.1 Å². The molecule has 0 aliphatic carbocycles. The maximum absolute atomic E-state index is 14.2. The topological polar surface area (TPSA) is 161 Å². The summed E-state index contributed by atoms with van der Waals surface area (Å²) in [6.07, 6.45) is 0. The minimum Gasteiger partial charge on any atom is -0.487 e. The molecule has 0 saturated heterocycles. The molecule has 0 fully saturated rings. The van der Waals surface area contributed by atoms with Crippen LogP contribution in [-0.4, -0.2) is 34.6 Å². The van der Waals surface area contributed by atoms with Gasteiger partial charge in [0.15, 0.2) is 0 Å². The number of H-pyrrole nitrogens is 1. The van der Waals surface area contributed by atoms with Gasteiger partial charge in [-0.25, -0.2) is 8.78 Å². The number of benzene rings is 2. The number of carbonyl (C=O) groups excluding carboxylic acids is 2. The monoisotopic (exact) mass is 550 g/mol. The van der Waals surface area contributed by atoms with Crippen molar-refractivity contribution >= 4 is 27.7 Å². The maximum Gasteiger partial charge on any atom is 0.266 e. The summed E-state index contributed by atoms with van der Waals surface area (Å²) in [6.45, 7) is -1.18. The van der Waals surface area contributed by atoms with Crippen molar-refractivity contribution in [3.05, 3.63) is 85.7 Å². The molecular weight excluding hydrogens is 530 g/mol. The largest absolute Gasteiger partial charge is 0.487 e. The molecule has 0 saturated carbocycles.